The predicted molar refractivity (Wildman–Crippen MR) is 76.5 cm³/mol. The van der Waals surface area contributed by atoms with Crippen LogP contribution in [0.3, 0.4) is 0 Å². The number of ether oxygens (including phenoxy) is 1. The second-order valence-corrected chi connectivity index (χ2v) is 5.81. The molecule has 0 saturated heterocycles. The van der Waals surface area contributed by atoms with E-state index >= 15 is 0 Å². The van der Waals surface area contributed by atoms with Gasteiger partial charge in [0.05, 0.1) is 17.5 Å². The van der Waals surface area contributed by atoms with Gasteiger partial charge in [0.15, 0.2) is 0 Å². The number of benzene rings is 1. The molecule has 0 saturated carbocycles. The monoisotopic (exact) mass is 302 g/mol. The van der Waals surface area contributed by atoms with Crippen LogP contribution in [-0.4, -0.2) is 7.11 Å². The Morgan fingerprint density at radius 3 is 2.61 bits per heavy atom. The van der Waals surface area contributed by atoms with Gasteiger partial charge in [-0.15, -0.1) is 11.3 Å². The molecule has 2 rings (SSSR count). The van der Waals surface area contributed by atoms with Crippen LogP contribution < -0.4 is 16.0 Å². The molecule has 1 heterocycles. The van der Waals surface area contributed by atoms with Gasteiger partial charge < -0.3 is 4.74 Å². The van der Waals surface area contributed by atoms with E-state index in [2.05, 4.69) is 5.43 Å². The number of rotatable bonds is 4. The van der Waals surface area contributed by atoms with Crippen LogP contribution in [0.25, 0.3) is 0 Å². The number of hydrogen-bond donors (Lipinski definition) is 2. The molecule has 0 bridgehead atoms. The number of thiophene rings is 1. The maximum absolute atomic E-state index is 6.02. The minimum Gasteiger partial charge on any atom is -0.496 e. The minimum absolute atomic E-state index is 0.198. The number of hydrogen-bond acceptors (Lipinski definition) is 4. The molecule has 0 aliphatic rings. The molecule has 1 atom stereocenters. The fraction of sp³-hybridized carbons (Fsp3) is 0.167. The van der Waals surface area contributed by atoms with Crippen molar-refractivity contribution in [1.29, 1.82) is 0 Å². The zero-order valence-corrected chi connectivity index (χ0v) is 11.9. The van der Waals surface area contributed by atoms with Crippen LogP contribution in [0.1, 0.15) is 16.5 Å². The van der Waals surface area contributed by atoms with Crippen LogP contribution >= 0.6 is 34.5 Å². The standard InChI is InChI=1S/C12H12Cl2N2OS/c1-17-9-3-2-7(13)6-8(9)12(16-15)10-4-5-11(14)18-10/h2-6,12,16H,15H2,1H3. The zero-order valence-electron chi connectivity index (χ0n) is 9.61. The highest BCUT2D eigenvalue weighted by Crippen LogP contribution is 2.35. The second-order valence-electron chi connectivity index (χ2n) is 3.63. The number of methoxy groups -OCH3 is 1. The molecule has 18 heavy (non-hydrogen) atoms. The van der Waals surface area contributed by atoms with E-state index in [1.807, 2.05) is 24.3 Å². The molecule has 0 amide bonds. The third-order valence-corrected chi connectivity index (χ3v) is 4.08. The Balaban J connectivity index is 2.47. The summed E-state index contributed by atoms with van der Waals surface area (Å²) < 4.78 is 6.04. The van der Waals surface area contributed by atoms with Gasteiger partial charge in [-0.25, -0.2) is 5.43 Å². The molecule has 1 unspecified atom stereocenters. The third kappa shape index (κ3) is 2.79. The number of nitrogens with two attached hydrogens (primary N) is 1. The van der Waals surface area contributed by atoms with Gasteiger partial charge in [0.1, 0.15) is 5.75 Å². The van der Waals surface area contributed by atoms with Gasteiger partial charge in [0.2, 0.25) is 0 Å². The first-order valence-corrected chi connectivity index (χ1v) is 6.77. The molecule has 3 nitrogen and oxygen atoms in total. The van der Waals surface area contributed by atoms with Crippen molar-refractivity contribution < 1.29 is 4.74 Å². The summed E-state index contributed by atoms with van der Waals surface area (Å²) in [6.45, 7) is 0. The van der Waals surface area contributed by atoms with E-state index < -0.39 is 0 Å². The van der Waals surface area contributed by atoms with Crippen LogP contribution in [0, 0.1) is 0 Å². The molecule has 96 valence electrons. The van der Waals surface area contributed by atoms with Crippen molar-refractivity contribution >= 4 is 34.5 Å². The molecule has 0 aliphatic heterocycles. The van der Waals surface area contributed by atoms with E-state index in [-0.39, 0.29) is 6.04 Å². The predicted octanol–water partition coefficient (Wildman–Crippen LogP) is 3.62. The van der Waals surface area contributed by atoms with Gasteiger partial charge in [-0.05, 0) is 30.3 Å². The van der Waals surface area contributed by atoms with Crippen molar-refractivity contribution in [1.82, 2.24) is 5.43 Å². The molecule has 0 aliphatic carbocycles. The Bertz CT molecular complexity index is 545. The van der Waals surface area contributed by atoms with Gasteiger partial charge in [-0.2, -0.15) is 0 Å². The molecule has 6 heteroatoms. The quantitative estimate of drug-likeness (QED) is 0.670. The molecular formula is C12H12Cl2N2OS. The van der Waals surface area contributed by atoms with Crippen molar-refractivity contribution in [2.75, 3.05) is 7.11 Å². The second kappa shape index (κ2) is 5.91. The lowest BCUT2D eigenvalue weighted by molar-refractivity contribution is 0.404. The summed E-state index contributed by atoms with van der Waals surface area (Å²) >= 11 is 13.4. The van der Waals surface area contributed by atoms with Crippen LogP contribution in [0.15, 0.2) is 30.3 Å². The number of nitrogens with one attached hydrogen (secondary N) is 1. The lowest BCUT2D eigenvalue weighted by Gasteiger charge is -2.18. The third-order valence-electron chi connectivity index (χ3n) is 2.55. The number of hydrazine groups is 1. The molecule has 0 fully saturated rings. The zero-order chi connectivity index (χ0) is 13.1. The van der Waals surface area contributed by atoms with Crippen molar-refractivity contribution in [3.63, 3.8) is 0 Å². The summed E-state index contributed by atoms with van der Waals surface area (Å²) in [6.07, 6.45) is 0. The SMILES string of the molecule is COc1ccc(Cl)cc1C(NN)c1ccc(Cl)s1. The van der Waals surface area contributed by atoms with Crippen LogP contribution in [0.4, 0.5) is 0 Å². The first-order chi connectivity index (χ1) is 8.65. The molecule has 2 aromatic rings. The fourth-order valence-electron chi connectivity index (χ4n) is 1.74. The molecule has 3 N–H and O–H groups in total. The van der Waals surface area contributed by atoms with Crippen molar-refractivity contribution in [2.24, 2.45) is 5.84 Å². The van der Waals surface area contributed by atoms with Crippen molar-refractivity contribution in [3.8, 4) is 5.75 Å². The molecule has 0 radical (unpaired) electrons. The largest absolute Gasteiger partial charge is 0.496 e. The van der Waals surface area contributed by atoms with Crippen molar-refractivity contribution in [2.45, 2.75) is 6.04 Å². The molecule has 1 aromatic heterocycles. The Morgan fingerprint density at radius 2 is 2.06 bits per heavy atom. The van der Waals surface area contributed by atoms with Crippen LogP contribution in [0.2, 0.25) is 9.36 Å². The first kappa shape index (κ1) is 13.6. The average Bonchev–Trinajstić information content (AvgIpc) is 2.77. The summed E-state index contributed by atoms with van der Waals surface area (Å²) in [5, 5.41) is 0.633. The summed E-state index contributed by atoms with van der Waals surface area (Å²) in [5.74, 6) is 6.36. The van der Waals surface area contributed by atoms with Crippen molar-refractivity contribution in [3.05, 3.63) is 50.1 Å². The smallest absolute Gasteiger partial charge is 0.124 e. The maximum Gasteiger partial charge on any atom is 0.124 e. The van der Waals surface area contributed by atoms with E-state index in [4.69, 9.17) is 33.8 Å². The van der Waals surface area contributed by atoms with E-state index in [9.17, 15) is 0 Å². The first-order valence-electron chi connectivity index (χ1n) is 5.20. The highest BCUT2D eigenvalue weighted by atomic mass is 35.5. The Labute approximate surface area is 119 Å². The molecule has 1 aromatic carbocycles. The van der Waals surface area contributed by atoms with Gasteiger partial charge in [0, 0.05) is 15.5 Å². The van der Waals surface area contributed by atoms with E-state index in [0.717, 1.165) is 16.2 Å². The van der Waals surface area contributed by atoms with Crippen LogP contribution in [-0.2, 0) is 0 Å². The fourth-order valence-corrected chi connectivity index (χ4v) is 3.06. The molecule has 0 spiro atoms. The van der Waals surface area contributed by atoms with E-state index in [1.165, 1.54) is 11.3 Å². The summed E-state index contributed by atoms with van der Waals surface area (Å²) in [5.41, 5.74) is 3.64. The Morgan fingerprint density at radius 1 is 1.28 bits per heavy atom. The molecular weight excluding hydrogens is 291 g/mol. The van der Waals surface area contributed by atoms with Gasteiger partial charge in [-0.1, -0.05) is 23.2 Å². The summed E-state index contributed by atoms with van der Waals surface area (Å²) in [7, 11) is 1.61. The highest BCUT2D eigenvalue weighted by Gasteiger charge is 2.19. The van der Waals surface area contributed by atoms with E-state index in [1.54, 1.807) is 13.2 Å². The highest BCUT2D eigenvalue weighted by molar-refractivity contribution is 7.16. The number of halogens is 2. The summed E-state index contributed by atoms with van der Waals surface area (Å²) in [6, 6.07) is 8.99. The van der Waals surface area contributed by atoms with Gasteiger partial charge in [-0.3, -0.25) is 5.84 Å². The lowest BCUT2D eigenvalue weighted by Crippen LogP contribution is -2.28. The maximum atomic E-state index is 6.02. The Kier molecular flexibility index (Phi) is 4.48. The Hall–Kier alpha value is -0.780. The topological polar surface area (TPSA) is 47.3 Å². The average molecular weight is 303 g/mol. The summed E-state index contributed by atoms with van der Waals surface area (Å²) in [4.78, 5) is 1.00. The van der Waals surface area contributed by atoms with Gasteiger partial charge in [0.25, 0.3) is 0 Å². The minimum atomic E-state index is -0.198. The lowest BCUT2D eigenvalue weighted by atomic mass is 10.0. The van der Waals surface area contributed by atoms with Gasteiger partial charge >= 0.3 is 0 Å². The van der Waals surface area contributed by atoms with Crippen LogP contribution in [0.5, 0.6) is 5.75 Å². The van der Waals surface area contributed by atoms with E-state index in [0.29, 0.717) is 9.36 Å². The normalized spacial score (nSPS) is 12.4.